The number of amides is 3. The molecule has 0 spiro atoms. The Hall–Kier alpha value is -4.33. The van der Waals surface area contributed by atoms with Crippen LogP contribution in [0.3, 0.4) is 0 Å². The molecule has 3 heterocycles. The largest absolute Gasteiger partial charge is 0.309 e. The van der Waals surface area contributed by atoms with Gasteiger partial charge in [-0.3, -0.25) is 28.9 Å². The van der Waals surface area contributed by atoms with Crippen LogP contribution in [-0.2, 0) is 11.3 Å². The van der Waals surface area contributed by atoms with E-state index in [4.69, 9.17) is 0 Å². The molecule has 1 aliphatic heterocycles. The van der Waals surface area contributed by atoms with Gasteiger partial charge in [-0.25, -0.2) is 0 Å². The van der Waals surface area contributed by atoms with E-state index < -0.39 is 0 Å². The van der Waals surface area contributed by atoms with E-state index >= 15 is 0 Å². The number of hydrogen-bond donors (Lipinski definition) is 1. The van der Waals surface area contributed by atoms with Crippen molar-refractivity contribution in [3.8, 4) is 0 Å². The van der Waals surface area contributed by atoms with E-state index in [0.717, 1.165) is 10.9 Å². The van der Waals surface area contributed by atoms with Crippen LogP contribution >= 0.6 is 0 Å². The topological polar surface area (TPSA) is 97.2 Å². The van der Waals surface area contributed by atoms with Crippen LogP contribution in [0, 0.1) is 0 Å². The molecule has 0 fully saturated rings. The van der Waals surface area contributed by atoms with E-state index in [0.29, 0.717) is 35.3 Å². The Bertz CT molecular complexity index is 1310. The zero-order valence-corrected chi connectivity index (χ0v) is 17.8. The standard InChI is InChI=1S/C25H21N5O3/c31-22(27-21-11-15-29(28-21)16-17-9-12-26-13-10-17)8-3-14-30-24(32)19-6-1-4-18-5-2-7-20(23(18)19)25(30)33/h1-2,4-7,9-13,15H,3,8,14,16H2,(H,27,28,31). The number of nitrogens with zero attached hydrogens (tertiary/aromatic N) is 4. The van der Waals surface area contributed by atoms with Crippen LogP contribution in [0.4, 0.5) is 5.82 Å². The van der Waals surface area contributed by atoms with Gasteiger partial charge in [-0.2, -0.15) is 5.10 Å². The SMILES string of the molecule is O=C(CCCN1C(=O)c2cccc3cccc(c23)C1=O)Nc1ccn(Cc2ccncc2)n1. The first kappa shape index (κ1) is 20.6. The molecule has 0 saturated carbocycles. The summed E-state index contributed by atoms with van der Waals surface area (Å²) in [5.41, 5.74) is 2.10. The summed E-state index contributed by atoms with van der Waals surface area (Å²) in [6.45, 7) is 0.748. The van der Waals surface area contributed by atoms with Crippen LogP contribution in [0.15, 0.2) is 73.2 Å². The Balaban J connectivity index is 1.18. The number of pyridine rings is 1. The molecule has 1 N–H and O–H groups in total. The molecule has 164 valence electrons. The molecular formula is C25H21N5O3. The molecule has 0 bridgehead atoms. The predicted octanol–water partition coefficient (Wildman–Crippen LogP) is 3.49. The highest BCUT2D eigenvalue weighted by molar-refractivity contribution is 6.25. The fourth-order valence-corrected chi connectivity index (χ4v) is 4.08. The summed E-state index contributed by atoms with van der Waals surface area (Å²) in [6, 6.07) is 16.4. The third-order valence-electron chi connectivity index (χ3n) is 5.64. The van der Waals surface area contributed by atoms with Crippen molar-refractivity contribution in [1.29, 1.82) is 0 Å². The summed E-state index contributed by atoms with van der Waals surface area (Å²) in [6.07, 6.45) is 5.76. The number of benzene rings is 2. The van der Waals surface area contributed by atoms with Gasteiger partial charge in [0.15, 0.2) is 5.82 Å². The maximum absolute atomic E-state index is 12.9. The lowest BCUT2D eigenvalue weighted by atomic mass is 9.94. The second-order valence-electron chi connectivity index (χ2n) is 7.88. The molecule has 0 saturated heterocycles. The van der Waals surface area contributed by atoms with Crippen molar-refractivity contribution in [1.82, 2.24) is 19.7 Å². The molecule has 0 unspecified atom stereocenters. The summed E-state index contributed by atoms with van der Waals surface area (Å²) < 4.78 is 1.73. The van der Waals surface area contributed by atoms with Crippen LogP contribution in [0.5, 0.6) is 0 Å². The Morgan fingerprint density at radius 2 is 1.61 bits per heavy atom. The smallest absolute Gasteiger partial charge is 0.261 e. The number of rotatable bonds is 7. The minimum absolute atomic E-state index is 0.167. The summed E-state index contributed by atoms with van der Waals surface area (Å²) in [4.78, 5) is 43.4. The number of nitrogens with one attached hydrogen (secondary N) is 1. The average Bonchev–Trinajstić information content (AvgIpc) is 3.26. The molecule has 8 heteroatoms. The second kappa shape index (κ2) is 8.66. The molecule has 2 aromatic carbocycles. The third-order valence-corrected chi connectivity index (χ3v) is 5.64. The number of aromatic nitrogens is 3. The van der Waals surface area contributed by atoms with Crippen LogP contribution in [0.25, 0.3) is 10.8 Å². The van der Waals surface area contributed by atoms with Gasteiger partial charge in [-0.05, 0) is 41.6 Å². The monoisotopic (exact) mass is 439 g/mol. The van der Waals surface area contributed by atoms with Gasteiger partial charge in [0.25, 0.3) is 11.8 Å². The molecule has 33 heavy (non-hydrogen) atoms. The summed E-state index contributed by atoms with van der Waals surface area (Å²) >= 11 is 0. The van der Waals surface area contributed by atoms with Gasteiger partial charge in [0.2, 0.25) is 5.91 Å². The number of carbonyl (C=O) groups excluding carboxylic acids is 3. The van der Waals surface area contributed by atoms with E-state index in [1.165, 1.54) is 4.90 Å². The molecule has 1 aliphatic rings. The van der Waals surface area contributed by atoms with Gasteiger partial charge in [0.05, 0.1) is 6.54 Å². The van der Waals surface area contributed by atoms with Gasteiger partial charge < -0.3 is 5.32 Å². The summed E-state index contributed by atoms with van der Waals surface area (Å²) in [5.74, 6) is -0.400. The first-order chi connectivity index (χ1) is 16.1. The second-order valence-corrected chi connectivity index (χ2v) is 7.88. The van der Waals surface area contributed by atoms with Gasteiger partial charge >= 0.3 is 0 Å². The highest BCUT2D eigenvalue weighted by Gasteiger charge is 2.32. The fourth-order valence-electron chi connectivity index (χ4n) is 4.08. The Morgan fingerprint density at radius 3 is 2.30 bits per heavy atom. The first-order valence-corrected chi connectivity index (χ1v) is 10.7. The first-order valence-electron chi connectivity index (χ1n) is 10.7. The van der Waals surface area contributed by atoms with E-state index in [1.54, 1.807) is 41.5 Å². The van der Waals surface area contributed by atoms with Crippen molar-refractivity contribution in [2.75, 3.05) is 11.9 Å². The number of imide groups is 1. The van der Waals surface area contributed by atoms with Gasteiger partial charge in [-0.15, -0.1) is 0 Å². The molecular weight excluding hydrogens is 418 g/mol. The van der Waals surface area contributed by atoms with Crippen LogP contribution in [0.1, 0.15) is 39.1 Å². The maximum atomic E-state index is 12.9. The van der Waals surface area contributed by atoms with Crippen LogP contribution in [-0.4, -0.2) is 43.9 Å². The minimum Gasteiger partial charge on any atom is -0.309 e. The highest BCUT2D eigenvalue weighted by Crippen LogP contribution is 2.30. The lowest BCUT2D eigenvalue weighted by Gasteiger charge is -2.27. The summed E-state index contributed by atoms with van der Waals surface area (Å²) in [7, 11) is 0. The van der Waals surface area contributed by atoms with Crippen molar-refractivity contribution in [2.45, 2.75) is 19.4 Å². The molecule has 0 atom stereocenters. The fraction of sp³-hybridized carbons (Fsp3) is 0.160. The third kappa shape index (κ3) is 4.10. The van der Waals surface area contributed by atoms with E-state index in [1.807, 2.05) is 36.4 Å². The van der Waals surface area contributed by atoms with Crippen molar-refractivity contribution in [3.63, 3.8) is 0 Å². The van der Waals surface area contributed by atoms with Crippen LogP contribution in [0.2, 0.25) is 0 Å². The Labute approximate surface area is 189 Å². The zero-order valence-electron chi connectivity index (χ0n) is 17.8. The van der Waals surface area contributed by atoms with Gasteiger partial charge in [0, 0.05) is 54.1 Å². The quantitative estimate of drug-likeness (QED) is 0.445. The van der Waals surface area contributed by atoms with Crippen molar-refractivity contribution in [3.05, 3.63) is 89.9 Å². The van der Waals surface area contributed by atoms with E-state index in [9.17, 15) is 14.4 Å². The molecule has 0 radical (unpaired) electrons. The minimum atomic E-state index is -0.320. The summed E-state index contributed by atoms with van der Waals surface area (Å²) in [5, 5.41) is 8.70. The van der Waals surface area contributed by atoms with Crippen molar-refractivity contribution < 1.29 is 14.4 Å². The molecule has 4 aromatic rings. The number of hydrogen-bond acceptors (Lipinski definition) is 5. The average molecular weight is 439 g/mol. The molecule has 5 rings (SSSR count). The molecule has 8 nitrogen and oxygen atoms in total. The lowest BCUT2D eigenvalue weighted by molar-refractivity contribution is -0.116. The zero-order chi connectivity index (χ0) is 22.8. The normalized spacial score (nSPS) is 12.9. The van der Waals surface area contributed by atoms with Gasteiger partial charge in [-0.1, -0.05) is 24.3 Å². The van der Waals surface area contributed by atoms with Crippen molar-refractivity contribution in [2.24, 2.45) is 0 Å². The van der Waals surface area contributed by atoms with E-state index in [2.05, 4.69) is 15.4 Å². The molecule has 0 aliphatic carbocycles. The molecule has 3 amide bonds. The Kier molecular flexibility index (Phi) is 5.40. The van der Waals surface area contributed by atoms with Crippen molar-refractivity contribution >= 4 is 34.3 Å². The maximum Gasteiger partial charge on any atom is 0.261 e. The highest BCUT2D eigenvalue weighted by atomic mass is 16.2. The molecule has 2 aromatic heterocycles. The predicted molar refractivity (Wildman–Crippen MR) is 123 cm³/mol. The Morgan fingerprint density at radius 1 is 0.909 bits per heavy atom. The number of carbonyl (C=O) groups is 3. The van der Waals surface area contributed by atoms with Crippen LogP contribution < -0.4 is 5.32 Å². The lowest BCUT2D eigenvalue weighted by Crippen LogP contribution is -2.41. The number of anilines is 1. The van der Waals surface area contributed by atoms with E-state index in [-0.39, 0.29) is 30.7 Å². The van der Waals surface area contributed by atoms with Gasteiger partial charge in [0.1, 0.15) is 0 Å².